The van der Waals surface area contributed by atoms with Crippen LogP contribution in [-0.2, 0) is 4.74 Å². The van der Waals surface area contributed by atoms with E-state index in [0.29, 0.717) is 6.04 Å². The van der Waals surface area contributed by atoms with Gasteiger partial charge in [-0.2, -0.15) is 0 Å². The summed E-state index contributed by atoms with van der Waals surface area (Å²) in [7, 11) is 0. The molecule has 1 rings (SSSR count). The first-order valence-corrected chi connectivity index (χ1v) is 5.68. The lowest BCUT2D eigenvalue weighted by Gasteiger charge is -2.37. The molecule has 1 fully saturated rings. The molecular weight excluding hydrogens is 178 g/mol. The molecule has 1 aliphatic rings. The minimum atomic E-state index is -0.290. The first kappa shape index (κ1) is 12.0. The number of hydrogen-bond acceptors (Lipinski definition) is 3. The van der Waals surface area contributed by atoms with Crippen LogP contribution in [0, 0.1) is 0 Å². The largest absolute Gasteiger partial charge is 0.390 e. The quantitative estimate of drug-likeness (QED) is 0.743. The van der Waals surface area contributed by atoms with Gasteiger partial charge in [0, 0.05) is 19.1 Å². The van der Waals surface area contributed by atoms with Crippen LogP contribution in [0.25, 0.3) is 0 Å². The summed E-state index contributed by atoms with van der Waals surface area (Å²) in [5.74, 6) is 0. The Morgan fingerprint density at radius 2 is 2.21 bits per heavy atom. The Bertz CT molecular complexity index is 161. The summed E-state index contributed by atoms with van der Waals surface area (Å²) in [5, 5.41) is 9.82. The number of ether oxygens (including phenoxy) is 1. The van der Waals surface area contributed by atoms with Crippen LogP contribution in [0.15, 0.2) is 0 Å². The van der Waals surface area contributed by atoms with Crippen molar-refractivity contribution in [3.8, 4) is 0 Å². The van der Waals surface area contributed by atoms with Gasteiger partial charge in [0.05, 0.1) is 18.8 Å². The summed E-state index contributed by atoms with van der Waals surface area (Å²) < 4.78 is 5.58. The van der Waals surface area contributed by atoms with Crippen molar-refractivity contribution in [3.63, 3.8) is 0 Å². The Labute approximate surface area is 87.1 Å². The third-order valence-electron chi connectivity index (χ3n) is 2.87. The molecule has 1 aliphatic heterocycles. The molecule has 3 heteroatoms. The Kier molecular flexibility index (Phi) is 4.85. The molecule has 0 aromatic carbocycles. The summed E-state index contributed by atoms with van der Waals surface area (Å²) in [6.45, 7) is 9.09. The van der Waals surface area contributed by atoms with Crippen molar-refractivity contribution < 1.29 is 9.84 Å². The highest BCUT2D eigenvalue weighted by Gasteiger charge is 2.27. The number of aliphatic hydroxyl groups is 1. The zero-order chi connectivity index (χ0) is 10.6. The maximum Gasteiger partial charge on any atom is 0.0961 e. The average Bonchev–Trinajstić information content (AvgIpc) is 2.18. The zero-order valence-corrected chi connectivity index (χ0v) is 9.57. The summed E-state index contributed by atoms with van der Waals surface area (Å²) in [6, 6.07) is 0.551. The SMILES string of the molecule is CCCC(O)C1CN(C(C)C)CCO1. The highest BCUT2D eigenvalue weighted by Crippen LogP contribution is 2.14. The van der Waals surface area contributed by atoms with Gasteiger partial charge in [0.25, 0.3) is 0 Å². The average molecular weight is 201 g/mol. The number of hydrogen-bond donors (Lipinski definition) is 1. The van der Waals surface area contributed by atoms with Gasteiger partial charge in [-0.15, -0.1) is 0 Å². The maximum atomic E-state index is 9.82. The van der Waals surface area contributed by atoms with E-state index in [4.69, 9.17) is 4.74 Å². The Balaban J connectivity index is 2.39. The van der Waals surface area contributed by atoms with Gasteiger partial charge >= 0.3 is 0 Å². The second-order valence-corrected chi connectivity index (χ2v) is 4.35. The molecule has 2 unspecified atom stereocenters. The number of nitrogens with zero attached hydrogens (tertiary/aromatic N) is 1. The number of rotatable bonds is 4. The Morgan fingerprint density at radius 1 is 1.50 bits per heavy atom. The van der Waals surface area contributed by atoms with Crippen LogP contribution in [0.3, 0.4) is 0 Å². The molecule has 1 heterocycles. The smallest absolute Gasteiger partial charge is 0.0961 e. The van der Waals surface area contributed by atoms with Crippen molar-refractivity contribution in [3.05, 3.63) is 0 Å². The van der Waals surface area contributed by atoms with Gasteiger partial charge < -0.3 is 9.84 Å². The van der Waals surface area contributed by atoms with Gasteiger partial charge in [-0.1, -0.05) is 13.3 Å². The fraction of sp³-hybridized carbons (Fsp3) is 1.00. The lowest BCUT2D eigenvalue weighted by Crippen LogP contribution is -2.49. The third kappa shape index (κ3) is 3.23. The Morgan fingerprint density at radius 3 is 2.79 bits per heavy atom. The fourth-order valence-electron chi connectivity index (χ4n) is 1.88. The highest BCUT2D eigenvalue weighted by atomic mass is 16.5. The molecule has 84 valence electrons. The molecular formula is C11H23NO2. The molecule has 2 atom stereocenters. The predicted octanol–water partition coefficient (Wildman–Crippen LogP) is 1.26. The molecule has 0 saturated carbocycles. The van der Waals surface area contributed by atoms with Crippen molar-refractivity contribution in [2.24, 2.45) is 0 Å². The second kappa shape index (κ2) is 5.69. The van der Waals surface area contributed by atoms with E-state index in [0.717, 1.165) is 32.5 Å². The standard InChI is InChI=1S/C11H23NO2/c1-4-5-10(13)11-8-12(9(2)3)6-7-14-11/h9-11,13H,4-8H2,1-3H3. The van der Waals surface area contributed by atoms with E-state index >= 15 is 0 Å². The van der Waals surface area contributed by atoms with Crippen LogP contribution < -0.4 is 0 Å². The van der Waals surface area contributed by atoms with Crippen LogP contribution in [0.4, 0.5) is 0 Å². The summed E-state index contributed by atoms with van der Waals surface area (Å²) in [5.41, 5.74) is 0. The van der Waals surface area contributed by atoms with Gasteiger partial charge in [0.2, 0.25) is 0 Å². The summed E-state index contributed by atoms with van der Waals surface area (Å²) in [6.07, 6.45) is 1.59. The van der Waals surface area contributed by atoms with Gasteiger partial charge in [-0.25, -0.2) is 0 Å². The molecule has 0 spiro atoms. The van der Waals surface area contributed by atoms with E-state index in [1.54, 1.807) is 0 Å². The van der Waals surface area contributed by atoms with E-state index in [1.165, 1.54) is 0 Å². The molecule has 1 saturated heterocycles. The maximum absolute atomic E-state index is 9.82. The minimum Gasteiger partial charge on any atom is -0.390 e. The van der Waals surface area contributed by atoms with E-state index in [9.17, 15) is 5.11 Å². The third-order valence-corrected chi connectivity index (χ3v) is 2.87. The summed E-state index contributed by atoms with van der Waals surface area (Å²) in [4.78, 5) is 2.37. The van der Waals surface area contributed by atoms with Crippen molar-refractivity contribution in [1.82, 2.24) is 4.90 Å². The number of morpholine rings is 1. The lowest BCUT2D eigenvalue weighted by molar-refractivity contribution is -0.0964. The molecule has 14 heavy (non-hydrogen) atoms. The van der Waals surface area contributed by atoms with E-state index < -0.39 is 0 Å². The van der Waals surface area contributed by atoms with Crippen LogP contribution in [0.5, 0.6) is 0 Å². The molecule has 0 aromatic heterocycles. The number of aliphatic hydroxyl groups excluding tert-OH is 1. The summed E-state index contributed by atoms with van der Waals surface area (Å²) >= 11 is 0. The van der Waals surface area contributed by atoms with Crippen LogP contribution in [-0.4, -0.2) is 48.0 Å². The molecule has 1 N–H and O–H groups in total. The van der Waals surface area contributed by atoms with Crippen LogP contribution in [0.1, 0.15) is 33.6 Å². The minimum absolute atomic E-state index is 0.0195. The predicted molar refractivity (Wildman–Crippen MR) is 57.4 cm³/mol. The molecule has 0 bridgehead atoms. The van der Waals surface area contributed by atoms with Crippen LogP contribution in [0.2, 0.25) is 0 Å². The van der Waals surface area contributed by atoms with Gasteiger partial charge in [-0.3, -0.25) is 4.90 Å². The topological polar surface area (TPSA) is 32.7 Å². The first-order valence-electron chi connectivity index (χ1n) is 5.68. The molecule has 0 radical (unpaired) electrons. The monoisotopic (exact) mass is 201 g/mol. The highest BCUT2D eigenvalue weighted by molar-refractivity contribution is 4.79. The fourth-order valence-corrected chi connectivity index (χ4v) is 1.88. The zero-order valence-electron chi connectivity index (χ0n) is 9.57. The lowest BCUT2D eigenvalue weighted by atomic mass is 10.1. The van der Waals surface area contributed by atoms with E-state index in [-0.39, 0.29) is 12.2 Å². The van der Waals surface area contributed by atoms with Gasteiger partial charge in [0.15, 0.2) is 0 Å². The van der Waals surface area contributed by atoms with E-state index in [2.05, 4.69) is 25.7 Å². The van der Waals surface area contributed by atoms with Crippen molar-refractivity contribution in [2.75, 3.05) is 19.7 Å². The molecule has 0 amide bonds. The molecule has 0 aromatic rings. The van der Waals surface area contributed by atoms with Gasteiger partial charge in [-0.05, 0) is 20.3 Å². The normalized spacial score (nSPS) is 26.8. The van der Waals surface area contributed by atoms with Crippen molar-refractivity contribution in [2.45, 2.75) is 51.9 Å². The van der Waals surface area contributed by atoms with E-state index in [1.807, 2.05) is 0 Å². The van der Waals surface area contributed by atoms with Gasteiger partial charge in [0.1, 0.15) is 0 Å². The molecule has 0 aliphatic carbocycles. The second-order valence-electron chi connectivity index (χ2n) is 4.35. The first-order chi connectivity index (χ1) is 6.65. The van der Waals surface area contributed by atoms with Crippen LogP contribution >= 0.6 is 0 Å². The molecule has 3 nitrogen and oxygen atoms in total. The van der Waals surface area contributed by atoms with Crippen molar-refractivity contribution >= 4 is 0 Å². The van der Waals surface area contributed by atoms with Crippen molar-refractivity contribution in [1.29, 1.82) is 0 Å². The Hall–Kier alpha value is -0.120.